The molecule has 0 aliphatic heterocycles. The molecule has 5 nitrogen and oxygen atoms in total. The van der Waals surface area contributed by atoms with Crippen LogP contribution in [0.5, 0.6) is 0 Å². The largest absolute Gasteiger partial charge is 0.394 e. The van der Waals surface area contributed by atoms with E-state index in [2.05, 4.69) is 10.3 Å². The summed E-state index contributed by atoms with van der Waals surface area (Å²) in [6.07, 6.45) is 0.791. The highest BCUT2D eigenvalue weighted by Crippen LogP contribution is 2.18. The number of thioether (sulfide) groups is 1. The van der Waals surface area contributed by atoms with Gasteiger partial charge >= 0.3 is 0 Å². The Morgan fingerprint density at radius 2 is 2.44 bits per heavy atom. The molecule has 1 unspecified atom stereocenters. The van der Waals surface area contributed by atoms with Crippen molar-refractivity contribution in [3.63, 3.8) is 0 Å². The molecule has 1 amide bonds. The molecule has 16 heavy (non-hydrogen) atoms. The molecule has 88 valence electrons. The zero-order chi connectivity index (χ0) is 12.0. The Kier molecular flexibility index (Phi) is 5.24. The monoisotopic (exact) mass is 242 g/mol. The first-order valence-electron chi connectivity index (χ1n) is 4.77. The highest BCUT2D eigenvalue weighted by molar-refractivity contribution is 7.99. The third-order valence-electron chi connectivity index (χ3n) is 1.84. The number of pyridine rings is 1. The molecule has 0 aliphatic carbocycles. The molecule has 1 atom stereocenters. The maximum absolute atomic E-state index is 11.3. The molecule has 0 saturated carbocycles. The lowest BCUT2D eigenvalue weighted by molar-refractivity contribution is 0.0958. The van der Waals surface area contributed by atoms with Crippen molar-refractivity contribution < 1.29 is 15.0 Å². The van der Waals surface area contributed by atoms with Crippen LogP contribution in [0.2, 0.25) is 0 Å². The summed E-state index contributed by atoms with van der Waals surface area (Å²) in [5.41, 5.74) is 0.339. The first kappa shape index (κ1) is 13.0. The maximum Gasteiger partial charge on any atom is 0.269 e. The van der Waals surface area contributed by atoms with E-state index in [0.717, 1.165) is 4.90 Å². The zero-order valence-electron chi connectivity index (χ0n) is 8.88. The molecule has 1 heterocycles. The normalized spacial score (nSPS) is 12.2. The van der Waals surface area contributed by atoms with Crippen LogP contribution < -0.4 is 5.32 Å². The number of aliphatic hydroxyl groups is 2. The molecule has 6 heteroatoms. The quantitative estimate of drug-likeness (QED) is 0.627. The number of nitrogens with zero attached hydrogens (tertiary/aromatic N) is 1. The van der Waals surface area contributed by atoms with Gasteiger partial charge in [-0.3, -0.25) is 9.78 Å². The smallest absolute Gasteiger partial charge is 0.269 e. The Labute approximate surface area is 97.9 Å². The van der Waals surface area contributed by atoms with E-state index in [1.165, 1.54) is 18.0 Å². The van der Waals surface area contributed by atoms with E-state index in [4.69, 9.17) is 5.11 Å². The van der Waals surface area contributed by atoms with E-state index in [0.29, 0.717) is 11.4 Å². The van der Waals surface area contributed by atoms with Gasteiger partial charge in [-0.25, -0.2) is 0 Å². The second kappa shape index (κ2) is 6.47. The molecule has 0 spiro atoms. The summed E-state index contributed by atoms with van der Waals surface area (Å²) < 4.78 is 0. The average molecular weight is 242 g/mol. The Hall–Kier alpha value is -1.11. The Morgan fingerprint density at radius 1 is 1.69 bits per heavy atom. The standard InChI is InChI=1S/C10H14N2O3S/c1-11-10(15)9-4-8(2-3-12-9)16-6-7(14)5-13/h2-4,7,13-14H,5-6H2,1H3,(H,11,15). The van der Waals surface area contributed by atoms with Crippen molar-refractivity contribution in [2.45, 2.75) is 11.0 Å². The van der Waals surface area contributed by atoms with Crippen LogP contribution in [0, 0.1) is 0 Å². The van der Waals surface area contributed by atoms with Crippen LogP contribution in [-0.2, 0) is 0 Å². The van der Waals surface area contributed by atoms with Crippen LogP contribution in [0.25, 0.3) is 0 Å². The van der Waals surface area contributed by atoms with E-state index in [-0.39, 0.29) is 12.5 Å². The number of hydrogen-bond donors (Lipinski definition) is 3. The van der Waals surface area contributed by atoms with E-state index >= 15 is 0 Å². The summed E-state index contributed by atoms with van der Waals surface area (Å²) in [5.74, 6) is 0.137. The molecular formula is C10H14N2O3S. The van der Waals surface area contributed by atoms with E-state index in [1.54, 1.807) is 19.2 Å². The topological polar surface area (TPSA) is 82.5 Å². The van der Waals surface area contributed by atoms with Gasteiger partial charge in [0.15, 0.2) is 0 Å². The lowest BCUT2D eigenvalue weighted by Crippen LogP contribution is -2.19. The van der Waals surface area contributed by atoms with Gasteiger partial charge in [0.25, 0.3) is 5.91 Å². The molecule has 0 aliphatic rings. The van der Waals surface area contributed by atoms with Crippen molar-refractivity contribution in [1.29, 1.82) is 0 Å². The van der Waals surface area contributed by atoms with E-state index in [1.807, 2.05) is 0 Å². The predicted octanol–water partition coefficient (Wildman–Crippen LogP) is -0.114. The van der Waals surface area contributed by atoms with Gasteiger partial charge in [0, 0.05) is 23.9 Å². The SMILES string of the molecule is CNC(=O)c1cc(SCC(O)CO)ccn1. The lowest BCUT2D eigenvalue weighted by Gasteiger charge is -2.07. The van der Waals surface area contributed by atoms with Gasteiger partial charge < -0.3 is 15.5 Å². The summed E-state index contributed by atoms with van der Waals surface area (Å²) in [5, 5.41) is 20.3. The minimum absolute atomic E-state index is 0.245. The van der Waals surface area contributed by atoms with Gasteiger partial charge in [-0.1, -0.05) is 0 Å². The van der Waals surface area contributed by atoms with Crippen molar-refractivity contribution in [3.8, 4) is 0 Å². The van der Waals surface area contributed by atoms with Crippen LogP contribution in [-0.4, -0.2) is 46.6 Å². The molecule has 0 aromatic carbocycles. The average Bonchev–Trinajstić information content (AvgIpc) is 2.35. The van der Waals surface area contributed by atoms with E-state index < -0.39 is 6.10 Å². The zero-order valence-corrected chi connectivity index (χ0v) is 9.70. The number of aliphatic hydroxyl groups excluding tert-OH is 2. The number of hydrogen-bond acceptors (Lipinski definition) is 5. The highest BCUT2D eigenvalue weighted by Gasteiger charge is 2.07. The molecule has 1 aromatic heterocycles. The third kappa shape index (κ3) is 3.80. The fourth-order valence-corrected chi connectivity index (χ4v) is 1.84. The van der Waals surface area contributed by atoms with Crippen LogP contribution in [0.3, 0.4) is 0 Å². The fourth-order valence-electron chi connectivity index (χ4n) is 0.998. The molecule has 0 saturated heterocycles. The van der Waals surface area contributed by atoms with Crippen molar-refractivity contribution in [1.82, 2.24) is 10.3 Å². The Bertz CT molecular complexity index is 360. The minimum atomic E-state index is -0.749. The first-order valence-corrected chi connectivity index (χ1v) is 5.75. The van der Waals surface area contributed by atoms with Gasteiger partial charge in [-0.05, 0) is 12.1 Å². The number of aromatic nitrogens is 1. The molecule has 3 N–H and O–H groups in total. The van der Waals surface area contributed by atoms with Crippen molar-refractivity contribution >= 4 is 17.7 Å². The second-order valence-electron chi connectivity index (χ2n) is 3.10. The number of amides is 1. The molecule has 0 radical (unpaired) electrons. The Morgan fingerprint density at radius 3 is 3.06 bits per heavy atom. The molecule has 1 aromatic rings. The third-order valence-corrected chi connectivity index (χ3v) is 2.98. The van der Waals surface area contributed by atoms with Crippen molar-refractivity contribution in [2.24, 2.45) is 0 Å². The summed E-state index contributed by atoms with van der Waals surface area (Å²) >= 11 is 1.37. The molecular weight excluding hydrogens is 228 g/mol. The van der Waals surface area contributed by atoms with Crippen LogP contribution >= 0.6 is 11.8 Å². The molecule has 0 fully saturated rings. The summed E-state index contributed by atoms with van der Waals surface area (Å²) in [7, 11) is 1.54. The van der Waals surface area contributed by atoms with Gasteiger partial charge in [0.2, 0.25) is 0 Å². The van der Waals surface area contributed by atoms with Gasteiger partial charge in [0.1, 0.15) is 5.69 Å². The lowest BCUT2D eigenvalue weighted by atomic mass is 10.3. The first-order chi connectivity index (χ1) is 7.67. The fraction of sp³-hybridized carbons (Fsp3) is 0.400. The van der Waals surface area contributed by atoms with Gasteiger partial charge in [-0.2, -0.15) is 0 Å². The summed E-state index contributed by atoms with van der Waals surface area (Å²) in [6.45, 7) is -0.264. The van der Waals surface area contributed by atoms with Crippen LogP contribution in [0.4, 0.5) is 0 Å². The molecule has 1 rings (SSSR count). The second-order valence-corrected chi connectivity index (χ2v) is 4.20. The van der Waals surface area contributed by atoms with E-state index in [9.17, 15) is 9.90 Å². The highest BCUT2D eigenvalue weighted by atomic mass is 32.2. The number of rotatable bonds is 5. The minimum Gasteiger partial charge on any atom is -0.394 e. The van der Waals surface area contributed by atoms with Gasteiger partial charge in [0.05, 0.1) is 12.7 Å². The number of nitrogens with one attached hydrogen (secondary N) is 1. The maximum atomic E-state index is 11.3. The Balaban J connectivity index is 2.64. The van der Waals surface area contributed by atoms with Crippen LogP contribution in [0.15, 0.2) is 23.2 Å². The number of carbonyl (C=O) groups is 1. The predicted molar refractivity (Wildman–Crippen MR) is 61.4 cm³/mol. The summed E-state index contributed by atoms with van der Waals surface area (Å²) in [6, 6.07) is 3.40. The van der Waals surface area contributed by atoms with Crippen molar-refractivity contribution in [3.05, 3.63) is 24.0 Å². The number of carbonyl (C=O) groups excluding carboxylic acids is 1. The molecule has 0 bridgehead atoms. The van der Waals surface area contributed by atoms with Crippen molar-refractivity contribution in [2.75, 3.05) is 19.4 Å². The van der Waals surface area contributed by atoms with Gasteiger partial charge in [-0.15, -0.1) is 11.8 Å². The summed E-state index contributed by atoms with van der Waals surface area (Å²) in [4.78, 5) is 16.0. The van der Waals surface area contributed by atoms with Crippen LogP contribution in [0.1, 0.15) is 10.5 Å².